The number of hydrogen-bond acceptors (Lipinski definition) is 5. The molecular weight excluding hydrogens is 458 g/mol. The standard InChI is InChI=1S/C29H25NO4S/c1-20-27(26(32)18-35(33)17-21-5-3-2-4-6-21)28(34-30-20)24-9-7-22(8-10-24)23-11-13-25(14-12-23)29(19-31)15-16-29/h2-14,19H,15-18H2,1H3. The summed E-state index contributed by atoms with van der Waals surface area (Å²) in [5, 5.41) is 4.01. The molecule has 5 nitrogen and oxygen atoms in total. The molecule has 0 bridgehead atoms. The van der Waals surface area contributed by atoms with E-state index in [2.05, 4.69) is 5.16 Å². The highest BCUT2D eigenvalue weighted by Gasteiger charge is 2.44. The Morgan fingerprint density at radius 3 is 2.17 bits per heavy atom. The van der Waals surface area contributed by atoms with E-state index in [0.29, 0.717) is 22.8 Å². The molecule has 1 unspecified atom stereocenters. The molecule has 1 fully saturated rings. The highest BCUT2D eigenvalue weighted by molar-refractivity contribution is 7.91. The molecule has 4 aromatic rings. The van der Waals surface area contributed by atoms with Crippen molar-refractivity contribution in [2.24, 2.45) is 0 Å². The minimum atomic E-state index is -1.33. The number of aromatic nitrogens is 1. The number of ketones is 1. The molecule has 0 radical (unpaired) electrons. The number of hydrogen-bond donors (Lipinski definition) is 0. The van der Waals surface area contributed by atoms with Gasteiger partial charge in [0.25, 0.3) is 0 Å². The van der Waals surface area contributed by atoms with E-state index in [1.54, 1.807) is 6.92 Å². The van der Waals surface area contributed by atoms with Gasteiger partial charge in [-0.15, -0.1) is 0 Å². The Morgan fingerprint density at radius 2 is 1.57 bits per heavy atom. The monoisotopic (exact) mass is 483 g/mol. The first-order valence-corrected chi connectivity index (χ1v) is 13.0. The average molecular weight is 484 g/mol. The first-order valence-electron chi connectivity index (χ1n) is 11.6. The summed E-state index contributed by atoms with van der Waals surface area (Å²) in [5.74, 6) is 0.397. The van der Waals surface area contributed by atoms with Crippen LogP contribution in [-0.2, 0) is 27.1 Å². The summed E-state index contributed by atoms with van der Waals surface area (Å²) in [6.07, 6.45) is 2.90. The fraction of sp³-hybridized carbons (Fsp3) is 0.207. The third-order valence-corrected chi connectivity index (χ3v) is 7.80. The molecule has 1 aromatic heterocycles. The molecule has 0 N–H and O–H groups in total. The van der Waals surface area contributed by atoms with Crippen LogP contribution in [0.1, 0.15) is 40.0 Å². The van der Waals surface area contributed by atoms with Crippen LogP contribution in [-0.4, -0.2) is 27.5 Å². The van der Waals surface area contributed by atoms with Crippen molar-refractivity contribution in [2.45, 2.75) is 30.9 Å². The Hall–Kier alpha value is -3.48. The second-order valence-corrected chi connectivity index (χ2v) is 10.5. The van der Waals surface area contributed by atoms with Crippen molar-refractivity contribution in [3.05, 3.63) is 101 Å². The van der Waals surface area contributed by atoms with Gasteiger partial charge in [0, 0.05) is 11.1 Å². The van der Waals surface area contributed by atoms with Gasteiger partial charge in [-0.3, -0.25) is 4.79 Å². The number of rotatable bonds is 9. The zero-order valence-corrected chi connectivity index (χ0v) is 20.2. The largest absolute Gasteiger partial charge is 0.616 e. The topological polar surface area (TPSA) is 83.2 Å². The van der Waals surface area contributed by atoms with Crippen molar-refractivity contribution in [1.82, 2.24) is 5.16 Å². The highest BCUT2D eigenvalue weighted by Crippen LogP contribution is 2.46. The zero-order chi connectivity index (χ0) is 24.4. The molecule has 5 rings (SSSR count). The van der Waals surface area contributed by atoms with Crippen molar-refractivity contribution in [3.8, 4) is 22.5 Å². The van der Waals surface area contributed by atoms with E-state index in [4.69, 9.17) is 4.52 Å². The number of carbonyl (C=O) groups is 2. The minimum Gasteiger partial charge on any atom is -0.616 e. The first-order chi connectivity index (χ1) is 17.0. The third kappa shape index (κ3) is 4.85. The van der Waals surface area contributed by atoms with Crippen molar-refractivity contribution >= 4 is 23.2 Å². The van der Waals surface area contributed by atoms with Crippen molar-refractivity contribution in [2.75, 3.05) is 5.75 Å². The predicted octanol–water partition coefficient (Wildman–Crippen LogP) is 5.68. The maximum atomic E-state index is 13.0. The van der Waals surface area contributed by atoms with Crippen LogP contribution in [0.25, 0.3) is 22.5 Å². The summed E-state index contributed by atoms with van der Waals surface area (Å²) in [4.78, 5) is 24.4. The number of nitrogens with zero attached hydrogens (tertiary/aromatic N) is 1. The maximum Gasteiger partial charge on any atom is 0.217 e. The van der Waals surface area contributed by atoms with Gasteiger partial charge < -0.3 is 13.9 Å². The van der Waals surface area contributed by atoms with Crippen molar-refractivity contribution < 1.29 is 18.7 Å². The Labute approximate surface area is 207 Å². The number of aryl methyl sites for hydroxylation is 1. The number of Topliss-reactive ketones (excluding diaryl/α,β-unsaturated/α-hetero) is 1. The van der Waals surface area contributed by atoms with Crippen LogP contribution in [0.2, 0.25) is 0 Å². The van der Waals surface area contributed by atoms with Crippen LogP contribution in [0.4, 0.5) is 0 Å². The second kappa shape index (κ2) is 9.64. The van der Waals surface area contributed by atoms with Crippen LogP contribution in [0.5, 0.6) is 0 Å². The first kappa shape index (κ1) is 23.3. The normalized spacial score (nSPS) is 14.9. The van der Waals surface area contributed by atoms with Crippen molar-refractivity contribution in [3.63, 3.8) is 0 Å². The molecule has 0 amide bonds. The molecular formula is C29H25NO4S. The fourth-order valence-electron chi connectivity index (χ4n) is 4.34. The molecule has 176 valence electrons. The average Bonchev–Trinajstić information content (AvgIpc) is 3.59. The molecule has 0 aliphatic heterocycles. The lowest BCUT2D eigenvalue weighted by molar-refractivity contribution is -0.109. The summed E-state index contributed by atoms with van der Waals surface area (Å²) in [6, 6.07) is 25.3. The summed E-state index contributed by atoms with van der Waals surface area (Å²) < 4.78 is 18.1. The molecule has 3 aromatic carbocycles. The van der Waals surface area contributed by atoms with Crippen LogP contribution in [0, 0.1) is 6.92 Å². The Morgan fingerprint density at radius 1 is 0.971 bits per heavy atom. The van der Waals surface area contributed by atoms with Gasteiger partial charge in [0.1, 0.15) is 12.0 Å². The molecule has 1 aliphatic carbocycles. The SMILES string of the molecule is Cc1noc(-c2ccc(-c3ccc(C4(C=O)CC4)cc3)cc2)c1C(=O)C[S+]([O-])Cc1ccccc1. The van der Waals surface area contributed by atoms with E-state index in [9.17, 15) is 14.1 Å². The second-order valence-electron chi connectivity index (χ2n) is 9.04. The number of benzene rings is 3. The molecule has 1 aliphatic rings. The lowest BCUT2D eigenvalue weighted by Gasteiger charge is -2.11. The van der Waals surface area contributed by atoms with Gasteiger partial charge in [-0.05, 0) is 47.6 Å². The molecule has 0 saturated heterocycles. The van der Waals surface area contributed by atoms with E-state index < -0.39 is 11.2 Å². The van der Waals surface area contributed by atoms with Gasteiger partial charge in [-0.25, -0.2) is 0 Å². The van der Waals surface area contributed by atoms with Crippen LogP contribution in [0.3, 0.4) is 0 Å². The minimum absolute atomic E-state index is 0.0866. The smallest absolute Gasteiger partial charge is 0.217 e. The Kier molecular flexibility index (Phi) is 6.41. The lowest BCUT2D eigenvalue weighted by atomic mass is 9.94. The van der Waals surface area contributed by atoms with E-state index in [1.807, 2.05) is 78.9 Å². The molecule has 1 saturated carbocycles. The lowest BCUT2D eigenvalue weighted by Crippen LogP contribution is -2.18. The maximum absolute atomic E-state index is 13.0. The van der Waals surface area contributed by atoms with Crippen LogP contribution >= 0.6 is 0 Å². The summed E-state index contributed by atoms with van der Waals surface area (Å²) in [7, 11) is 0. The van der Waals surface area contributed by atoms with E-state index in [-0.39, 0.29) is 17.0 Å². The van der Waals surface area contributed by atoms with Gasteiger partial charge in [0.15, 0.2) is 11.5 Å². The molecule has 1 heterocycles. The van der Waals surface area contributed by atoms with E-state index >= 15 is 0 Å². The van der Waals surface area contributed by atoms with E-state index in [0.717, 1.165) is 46.9 Å². The quantitative estimate of drug-likeness (QED) is 0.174. The van der Waals surface area contributed by atoms with Gasteiger partial charge in [0.2, 0.25) is 5.78 Å². The Balaban J connectivity index is 1.32. The van der Waals surface area contributed by atoms with Crippen LogP contribution in [0.15, 0.2) is 83.4 Å². The van der Waals surface area contributed by atoms with Crippen molar-refractivity contribution in [1.29, 1.82) is 0 Å². The summed E-state index contributed by atoms with van der Waals surface area (Å²) in [5.41, 5.74) is 5.40. The molecule has 35 heavy (non-hydrogen) atoms. The molecule has 6 heteroatoms. The van der Waals surface area contributed by atoms with Gasteiger partial charge in [-0.1, -0.05) is 84.0 Å². The van der Waals surface area contributed by atoms with Gasteiger partial charge in [-0.2, -0.15) is 0 Å². The summed E-state index contributed by atoms with van der Waals surface area (Å²) >= 11 is -1.33. The molecule has 1 atom stereocenters. The predicted molar refractivity (Wildman–Crippen MR) is 137 cm³/mol. The molecule has 0 spiro atoms. The van der Waals surface area contributed by atoms with Gasteiger partial charge in [0.05, 0.1) is 16.7 Å². The summed E-state index contributed by atoms with van der Waals surface area (Å²) in [6.45, 7) is 1.72. The third-order valence-electron chi connectivity index (χ3n) is 6.56. The number of carbonyl (C=O) groups excluding carboxylic acids is 2. The number of aldehydes is 1. The van der Waals surface area contributed by atoms with Gasteiger partial charge >= 0.3 is 0 Å². The fourth-order valence-corrected chi connectivity index (χ4v) is 5.45. The van der Waals surface area contributed by atoms with E-state index in [1.165, 1.54) is 0 Å². The van der Waals surface area contributed by atoms with Crippen LogP contribution < -0.4 is 0 Å². The zero-order valence-electron chi connectivity index (χ0n) is 19.4. The highest BCUT2D eigenvalue weighted by atomic mass is 32.2. The Bertz CT molecular complexity index is 1340.